The van der Waals surface area contributed by atoms with Gasteiger partial charge in [-0.05, 0) is 28.9 Å². The van der Waals surface area contributed by atoms with E-state index in [1.807, 2.05) is 37.3 Å². The van der Waals surface area contributed by atoms with Gasteiger partial charge in [-0.2, -0.15) is 0 Å². The Morgan fingerprint density at radius 1 is 1.40 bits per heavy atom. The summed E-state index contributed by atoms with van der Waals surface area (Å²) in [6.45, 7) is 2.32. The highest BCUT2D eigenvalue weighted by Crippen LogP contribution is 2.55. The Kier molecular flexibility index (Phi) is 5.19. The smallest absolute Gasteiger partial charge is 0.198 e. The summed E-state index contributed by atoms with van der Waals surface area (Å²) >= 11 is 9.42. The second-order valence-electron chi connectivity index (χ2n) is 6.14. The number of carbonyl (C=O) groups is 1. The molecule has 0 radical (unpaired) electrons. The SMILES string of the molecule is C[C@H]1c2c(cc(F)c(Cl)c2Br)O[C@]1(C(=O)CCCN)c1ccccc1. The van der Waals surface area contributed by atoms with Crippen molar-refractivity contribution in [2.75, 3.05) is 6.54 Å². The molecule has 3 nitrogen and oxygen atoms in total. The Hall–Kier alpha value is -1.43. The van der Waals surface area contributed by atoms with E-state index >= 15 is 0 Å². The number of fused-ring (bicyclic) bond motifs is 1. The van der Waals surface area contributed by atoms with Crippen molar-refractivity contribution >= 4 is 33.3 Å². The highest BCUT2D eigenvalue weighted by molar-refractivity contribution is 9.10. The minimum absolute atomic E-state index is 0.00697. The van der Waals surface area contributed by atoms with Crippen LogP contribution >= 0.6 is 27.5 Å². The number of Topliss-reactive ketones (excluding diaryl/α,β-unsaturated/α-hetero) is 1. The number of halogens is 3. The van der Waals surface area contributed by atoms with E-state index in [0.29, 0.717) is 28.8 Å². The van der Waals surface area contributed by atoms with Crippen LogP contribution in [-0.4, -0.2) is 12.3 Å². The Bertz CT molecular complexity index is 815. The highest BCUT2D eigenvalue weighted by Gasteiger charge is 2.53. The fourth-order valence-electron chi connectivity index (χ4n) is 3.44. The zero-order valence-corrected chi connectivity index (χ0v) is 16.0. The quantitative estimate of drug-likeness (QED) is 0.689. The van der Waals surface area contributed by atoms with Gasteiger partial charge in [0.15, 0.2) is 11.4 Å². The predicted molar refractivity (Wildman–Crippen MR) is 99.6 cm³/mol. The normalized spacial score (nSPS) is 21.7. The van der Waals surface area contributed by atoms with Gasteiger partial charge in [0, 0.05) is 34.0 Å². The monoisotopic (exact) mass is 425 g/mol. The van der Waals surface area contributed by atoms with Crippen LogP contribution in [0.3, 0.4) is 0 Å². The number of benzene rings is 2. The minimum atomic E-state index is -1.21. The molecule has 0 aromatic heterocycles. The molecule has 1 heterocycles. The van der Waals surface area contributed by atoms with E-state index in [1.54, 1.807) is 0 Å². The number of ether oxygens (including phenoxy) is 1. The van der Waals surface area contributed by atoms with Gasteiger partial charge < -0.3 is 10.5 Å². The molecule has 0 unspecified atom stereocenters. The second kappa shape index (κ2) is 7.06. The van der Waals surface area contributed by atoms with E-state index < -0.39 is 11.4 Å². The first kappa shape index (κ1) is 18.4. The van der Waals surface area contributed by atoms with Crippen molar-refractivity contribution in [2.45, 2.75) is 31.3 Å². The van der Waals surface area contributed by atoms with Gasteiger partial charge >= 0.3 is 0 Å². The lowest BCUT2D eigenvalue weighted by Crippen LogP contribution is -2.42. The van der Waals surface area contributed by atoms with Crippen LogP contribution in [-0.2, 0) is 10.4 Å². The summed E-state index contributed by atoms with van der Waals surface area (Å²) in [5.74, 6) is -0.650. The Morgan fingerprint density at radius 3 is 2.72 bits per heavy atom. The first-order valence-corrected chi connectivity index (χ1v) is 9.25. The first-order valence-electron chi connectivity index (χ1n) is 8.08. The fraction of sp³-hybridized carbons (Fsp3) is 0.316. The summed E-state index contributed by atoms with van der Waals surface area (Å²) in [7, 11) is 0. The minimum Gasteiger partial charge on any atom is -0.474 e. The van der Waals surface area contributed by atoms with E-state index in [1.165, 1.54) is 6.07 Å². The predicted octanol–water partition coefficient (Wildman–Crippen LogP) is 4.94. The lowest BCUT2D eigenvalue weighted by Gasteiger charge is -2.32. The molecule has 1 aliphatic heterocycles. The molecule has 2 atom stereocenters. The van der Waals surface area contributed by atoms with Crippen LogP contribution in [0.15, 0.2) is 40.9 Å². The number of rotatable bonds is 5. The number of nitrogens with two attached hydrogens (primary N) is 1. The Labute approximate surface area is 159 Å². The number of hydrogen-bond acceptors (Lipinski definition) is 3. The van der Waals surface area contributed by atoms with Gasteiger partial charge in [0.05, 0.1) is 5.02 Å². The molecule has 0 fully saturated rings. The zero-order valence-electron chi connectivity index (χ0n) is 13.7. The molecule has 3 rings (SSSR count). The van der Waals surface area contributed by atoms with Gasteiger partial charge in [-0.15, -0.1) is 0 Å². The van der Waals surface area contributed by atoms with Gasteiger partial charge in [0.25, 0.3) is 0 Å². The summed E-state index contributed by atoms with van der Waals surface area (Å²) in [5.41, 5.74) is 5.81. The molecule has 0 amide bonds. The van der Waals surface area contributed by atoms with E-state index in [2.05, 4.69) is 15.9 Å². The van der Waals surface area contributed by atoms with Gasteiger partial charge in [0.1, 0.15) is 11.6 Å². The number of carbonyl (C=O) groups excluding carboxylic acids is 1. The first-order chi connectivity index (χ1) is 11.9. The van der Waals surface area contributed by atoms with Crippen molar-refractivity contribution in [1.82, 2.24) is 0 Å². The summed E-state index contributed by atoms with van der Waals surface area (Å²) in [4.78, 5) is 13.2. The average Bonchev–Trinajstić information content (AvgIpc) is 2.91. The standard InChI is InChI=1S/C19H18BrClFNO2/c1-11-16-14(10-13(22)18(21)17(16)20)25-19(11,15(24)8-5-9-23)12-6-3-2-4-7-12/h2-4,6-7,10-11H,5,8-9,23H2,1H3/t11-,19-/m0/s1. The molecular weight excluding hydrogens is 409 g/mol. The van der Waals surface area contributed by atoms with Crippen LogP contribution in [0.2, 0.25) is 5.02 Å². The largest absolute Gasteiger partial charge is 0.474 e. The third-order valence-corrected chi connectivity index (χ3v) is 6.12. The Morgan fingerprint density at radius 2 is 2.08 bits per heavy atom. The molecule has 0 bridgehead atoms. The van der Waals surface area contributed by atoms with Gasteiger partial charge in [0.2, 0.25) is 0 Å². The maximum Gasteiger partial charge on any atom is 0.198 e. The van der Waals surface area contributed by atoms with Crippen LogP contribution in [0.25, 0.3) is 0 Å². The van der Waals surface area contributed by atoms with Crippen LogP contribution in [0.5, 0.6) is 5.75 Å². The molecule has 0 saturated carbocycles. The van der Waals surface area contributed by atoms with Crippen molar-refractivity contribution in [3.63, 3.8) is 0 Å². The lowest BCUT2D eigenvalue weighted by molar-refractivity contribution is -0.135. The molecule has 0 aliphatic carbocycles. The lowest BCUT2D eigenvalue weighted by atomic mass is 9.76. The summed E-state index contributed by atoms with van der Waals surface area (Å²) in [5, 5.41) is -0.00697. The molecule has 2 aromatic carbocycles. The van der Waals surface area contributed by atoms with Gasteiger partial charge in [-0.1, -0.05) is 48.9 Å². The van der Waals surface area contributed by atoms with E-state index in [9.17, 15) is 9.18 Å². The van der Waals surface area contributed by atoms with Crippen molar-refractivity contribution in [1.29, 1.82) is 0 Å². The maximum absolute atomic E-state index is 14.1. The van der Waals surface area contributed by atoms with E-state index in [0.717, 1.165) is 5.56 Å². The van der Waals surface area contributed by atoms with Crippen LogP contribution < -0.4 is 10.5 Å². The molecular formula is C19H18BrClFNO2. The topological polar surface area (TPSA) is 52.3 Å². The Balaban J connectivity index is 2.18. The average molecular weight is 427 g/mol. The zero-order chi connectivity index (χ0) is 18.2. The summed E-state index contributed by atoms with van der Waals surface area (Å²) < 4.78 is 20.7. The van der Waals surface area contributed by atoms with Crippen LogP contribution in [0.1, 0.15) is 36.8 Å². The third-order valence-electron chi connectivity index (χ3n) is 4.70. The van der Waals surface area contributed by atoms with Crippen LogP contribution in [0.4, 0.5) is 4.39 Å². The second-order valence-corrected chi connectivity index (χ2v) is 7.31. The summed E-state index contributed by atoms with van der Waals surface area (Å²) in [6.07, 6.45) is 0.855. The molecule has 0 spiro atoms. The number of ketones is 1. The third kappa shape index (κ3) is 2.88. The van der Waals surface area contributed by atoms with Crippen LogP contribution in [0, 0.1) is 5.82 Å². The molecule has 2 N–H and O–H groups in total. The van der Waals surface area contributed by atoms with E-state index in [-0.39, 0.29) is 23.1 Å². The summed E-state index contributed by atoms with van der Waals surface area (Å²) in [6, 6.07) is 10.5. The molecule has 2 aromatic rings. The fourth-order valence-corrected chi connectivity index (χ4v) is 4.33. The maximum atomic E-state index is 14.1. The van der Waals surface area contributed by atoms with Crippen molar-refractivity contribution in [3.05, 3.63) is 62.8 Å². The molecule has 25 heavy (non-hydrogen) atoms. The molecule has 6 heteroatoms. The van der Waals surface area contributed by atoms with Gasteiger partial charge in [-0.3, -0.25) is 4.79 Å². The van der Waals surface area contributed by atoms with E-state index in [4.69, 9.17) is 22.1 Å². The molecule has 132 valence electrons. The van der Waals surface area contributed by atoms with Crippen molar-refractivity contribution in [3.8, 4) is 5.75 Å². The van der Waals surface area contributed by atoms with Crippen molar-refractivity contribution in [2.24, 2.45) is 5.73 Å². The van der Waals surface area contributed by atoms with Crippen molar-refractivity contribution < 1.29 is 13.9 Å². The van der Waals surface area contributed by atoms with Gasteiger partial charge in [-0.25, -0.2) is 4.39 Å². The number of hydrogen-bond donors (Lipinski definition) is 1. The molecule has 0 saturated heterocycles. The molecule has 1 aliphatic rings. The highest BCUT2D eigenvalue weighted by atomic mass is 79.9.